The van der Waals surface area contributed by atoms with Gasteiger partial charge in [0.1, 0.15) is 18.0 Å². The number of carbonyl (C=O) groups excluding carboxylic acids is 2. The first-order valence-corrected chi connectivity index (χ1v) is 11.9. The number of amides is 2. The summed E-state index contributed by atoms with van der Waals surface area (Å²) in [5, 5.41) is 9.74. The molecule has 3 heterocycles. The molecular weight excluding hydrogens is 465 g/mol. The highest BCUT2D eigenvalue weighted by molar-refractivity contribution is 7.19. The first-order valence-electron chi connectivity index (χ1n) is 10.7. The third-order valence-corrected chi connectivity index (χ3v) is 7.46. The van der Waals surface area contributed by atoms with Crippen molar-refractivity contribution in [2.24, 2.45) is 0 Å². The number of imide groups is 1. The van der Waals surface area contributed by atoms with Crippen LogP contribution in [0.4, 0.5) is 4.39 Å². The predicted molar refractivity (Wildman–Crippen MR) is 123 cm³/mol. The second-order valence-corrected chi connectivity index (χ2v) is 9.75. The number of carbonyl (C=O) groups is 2. The summed E-state index contributed by atoms with van der Waals surface area (Å²) in [6.07, 6.45) is 2.28. The number of nitriles is 1. The van der Waals surface area contributed by atoms with E-state index in [-0.39, 0.29) is 36.2 Å². The number of thiophene rings is 1. The Morgan fingerprint density at radius 2 is 2.00 bits per heavy atom. The molecule has 1 saturated carbocycles. The molecule has 3 aromatic rings. The molecule has 6 nitrogen and oxygen atoms in total. The van der Waals surface area contributed by atoms with Crippen LogP contribution in [0.3, 0.4) is 0 Å². The zero-order valence-electron chi connectivity index (χ0n) is 17.5. The molecule has 1 aromatic carbocycles. The lowest BCUT2D eigenvalue weighted by Crippen LogP contribution is -2.27. The molecule has 0 spiro atoms. The number of ether oxygens (including phenoxy) is 1. The topological polar surface area (TPSA) is 83.3 Å². The van der Waals surface area contributed by atoms with E-state index in [1.54, 1.807) is 18.3 Å². The Hall–Kier alpha value is -3.02. The maximum atomic E-state index is 14.3. The van der Waals surface area contributed by atoms with Gasteiger partial charge in [0.25, 0.3) is 0 Å². The van der Waals surface area contributed by atoms with E-state index in [9.17, 15) is 19.2 Å². The van der Waals surface area contributed by atoms with Crippen LogP contribution < -0.4 is 4.74 Å². The molecule has 2 aliphatic rings. The molecule has 2 aromatic heterocycles. The normalized spacial score (nSPS) is 20.6. The number of likely N-dealkylation sites (tertiary alicyclic amines) is 1. The second kappa shape index (κ2) is 8.73. The second-order valence-electron chi connectivity index (χ2n) is 8.21. The first-order chi connectivity index (χ1) is 15.9. The summed E-state index contributed by atoms with van der Waals surface area (Å²) >= 11 is 7.92. The molecule has 1 aliphatic heterocycles. The maximum absolute atomic E-state index is 14.3. The van der Waals surface area contributed by atoms with Gasteiger partial charge in [-0.3, -0.25) is 19.5 Å². The highest BCUT2D eigenvalue weighted by Crippen LogP contribution is 2.44. The number of pyridine rings is 1. The third-order valence-electron chi connectivity index (χ3n) is 6.04. The maximum Gasteiger partial charge on any atom is 0.230 e. The van der Waals surface area contributed by atoms with Crippen molar-refractivity contribution in [2.45, 2.75) is 50.9 Å². The number of halogens is 2. The molecule has 1 aliphatic carbocycles. The van der Waals surface area contributed by atoms with E-state index >= 15 is 0 Å². The number of alkyl halides is 1. The quantitative estimate of drug-likeness (QED) is 0.453. The van der Waals surface area contributed by atoms with Gasteiger partial charge in [0, 0.05) is 35.0 Å². The van der Waals surface area contributed by atoms with E-state index in [0.717, 1.165) is 21.6 Å². The van der Waals surface area contributed by atoms with Gasteiger partial charge in [0.05, 0.1) is 33.4 Å². The van der Waals surface area contributed by atoms with E-state index < -0.39 is 12.3 Å². The summed E-state index contributed by atoms with van der Waals surface area (Å²) in [4.78, 5) is 30.6. The van der Waals surface area contributed by atoms with Crippen molar-refractivity contribution in [2.75, 3.05) is 0 Å². The number of aromatic nitrogens is 1. The summed E-state index contributed by atoms with van der Waals surface area (Å²) in [5.74, 6) is -0.00287. The molecule has 5 rings (SSSR count). The Morgan fingerprint density at radius 1 is 1.21 bits per heavy atom. The molecule has 0 radical (unpaired) electrons. The number of hydrogen-bond donors (Lipinski definition) is 0. The first kappa shape index (κ1) is 21.8. The van der Waals surface area contributed by atoms with Gasteiger partial charge in [-0.05, 0) is 43.5 Å². The third kappa shape index (κ3) is 4.07. The minimum absolute atomic E-state index is 0.174. The van der Waals surface area contributed by atoms with Crippen LogP contribution in [-0.4, -0.2) is 34.0 Å². The van der Waals surface area contributed by atoms with Gasteiger partial charge in [0.2, 0.25) is 11.8 Å². The fraction of sp³-hybridized carbons (Fsp3) is 0.333. The van der Waals surface area contributed by atoms with Crippen LogP contribution >= 0.6 is 22.9 Å². The van der Waals surface area contributed by atoms with Gasteiger partial charge < -0.3 is 4.74 Å². The van der Waals surface area contributed by atoms with E-state index in [4.69, 9.17) is 16.3 Å². The number of hydrogen-bond acceptors (Lipinski definition) is 6. The summed E-state index contributed by atoms with van der Waals surface area (Å²) in [5.41, 5.74) is 2.39. The molecule has 0 bridgehead atoms. The molecule has 1 saturated heterocycles. The summed E-state index contributed by atoms with van der Waals surface area (Å²) in [7, 11) is 0. The number of rotatable bonds is 5. The molecular formula is C24H19ClFN3O3S. The van der Waals surface area contributed by atoms with Gasteiger partial charge in [-0.1, -0.05) is 11.6 Å². The highest BCUT2D eigenvalue weighted by Gasteiger charge is 2.31. The minimum atomic E-state index is -1.06. The van der Waals surface area contributed by atoms with Crippen molar-refractivity contribution in [3.63, 3.8) is 0 Å². The zero-order valence-corrected chi connectivity index (χ0v) is 19.1. The average molecular weight is 484 g/mol. The molecule has 33 heavy (non-hydrogen) atoms. The summed E-state index contributed by atoms with van der Waals surface area (Å²) < 4.78 is 21.2. The Labute approximate surface area is 198 Å². The van der Waals surface area contributed by atoms with Crippen molar-refractivity contribution in [1.29, 1.82) is 5.26 Å². The predicted octanol–water partition coefficient (Wildman–Crippen LogP) is 5.41. The monoisotopic (exact) mass is 483 g/mol. The van der Waals surface area contributed by atoms with Crippen LogP contribution in [0, 0.1) is 11.3 Å². The summed E-state index contributed by atoms with van der Waals surface area (Å²) in [6, 6.07) is 8.97. The molecule has 9 heteroatoms. The SMILES string of the molecule is N#Cc1cc(Cl)c(O[C@@H]2CCC[C@@H]2F)c(-c2ccnc3cc(CN4C(=O)CCC4=O)sc23)c1. The van der Waals surface area contributed by atoms with E-state index in [1.165, 1.54) is 22.3 Å². The minimum Gasteiger partial charge on any atom is -0.485 e. The van der Waals surface area contributed by atoms with Gasteiger partial charge in [0.15, 0.2) is 0 Å². The summed E-state index contributed by atoms with van der Waals surface area (Å²) in [6.45, 7) is 0.200. The Morgan fingerprint density at radius 3 is 2.70 bits per heavy atom. The van der Waals surface area contributed by atoms with Crippen LogP contribution in [0.25, 0.3) is 21.3 Å². The fourth-order valence-corrected chi connectivity index (χ4v) is 5.77. The standard InChI is InChI=1S/C24H19ClFN3O3S/c25-17-9-13(11-27)8-16(23(17)32-20-3-1-2-18(20)26)15-6-7-28-19-10-14(33-24(15)19)12-29-21(30)4-5-22(29)31/h6-10,18,20H,1-5,12H2/t18-,20+/m0/s1. The largest absolute Gasteiger partial charge is 0.485 e. The van der Waals surface area contributed by atoms with Crippen molar-refractivity contribution in [3.8, 4) is 22.9 Å². The van der Waals surface area contributed by atoms with Crippen molar-refractivity contribution in [1.82, 2.24) is 9.88 Å². The Kier molecular flexibility index (Phi) is 5.77. The van der Waals surface area contributed by atoms with Crippen molar-refractivity contribution < 1.29 is 18.7 Å². The number of benzene rings is 1. The molecule has 0 N–H and O–H groups in total. The lowest BCUT2D eigenvalue weighted by molar-refractivity contribution is -0.138. The molecule has 2 amide bonds. The Balaban J connectivity index is 1.59. The van der Waals surface area contributed by atoms with E-state index in [2.05, 4.69) is 11.1 Å². The van der Waals surface area contributed by atoms with Crippen molar-refractivity contribution in [3.05, 3.63) is 45.9 Å². The highest BCUT2D eigenvalue weighted by atomic mass is 35.5. The van der Waals surface area contributed by atoms with Gasteiger partial charge in [-0.25, -0.2) is 4.39 Å². The van der Waals surface area contributed by atoms with E-state index in [0.29, 0.717) is 35.2 Å². The fourth-order valence-electron chi connectivity index (χ4n) is 4.38. The van der Waals surface area contributed by atoms with Crippen LogP contribution in [0.1, 0.15) is 42.5 Å². The van der Waals surface area contributed by atoms with Crippen LogP contribution in [0.15, 0.2) is 30.5 Å². The lowest BCUT2D eigenvalue weighted by Gasteiger charge is -2.20. The number of nitrogens with zero attached hydrogens (tertiary/aromatic N) is 3. The molecule has 2 fully saturated rings. The van der Waals surface area contributed by atoms with Crippen LogP contribution in [0.5, 0.6) is 5.75 Å². The van der Waals surface area contributed by atoms with Crippen LogP contribution in [-0.2, 0) is 16.1 Å². The molecule has 168 valence electrons. The van der Waals surface area contributed by atoms with Crippen LogP contribution in [0.2, 0.25) is 5.02 Å². The van der Waals surface area contributed by atoms with E-state index in [1.807, 2.05) is 6.07 Å². The van der Waals surface area contributed by atoms with Gasteiger partial charge >= 0.3 is 0 Å². The van der Waals surface area contributed by atoms with Gasteiger partial charge in [-0.2, -0.15) is 5.26 Å². The van der Waals surface area contributed by atoms with Crippen molar-refractivity contribution >= 4 is 45.0 Å². The smallest absolute Gasteiger partial charge is 0.230 e. The Bertz CT molecular complexity index is 1300. The number of fused-ring (bicyclic) bond motifs is 1. The zero-order chi connectivity index (χ0) is 23.1. The average Bonchev–Trinajstić information content (AvgIpc) is 3.49. The lowest BCUT2D eigenvalue weighted by atomic mass is 10.0. The van der Waals surface area contributed by atoms with Gasteiger partial charge in [-0.15, -0.1) is 11.3 Å². The molecule has 2 atom stereocenters. The molecule has 0 unspecified atom stereocenters.